The summed E-state index contributed by atoms with van der Waals surface area (Å²) in [5.41, 5.74) is 1.54. The van der Waals surface area contributed by atoms with Gasteiger partial charge in [0.1, 0.15) is 11.3 Å². The molecule has 0 unspecified atom stereocenters. The van der Waals surface area contributed by atoms with Crippen LogP contribution in [0, 0.1) is 18.8 Å². The maximum Gasteiger partial charge on any atom is 0.349 e. The number of carbonyl (C=O) groups is 1. The predicted molar refractivity (Wildman–Crippen MR) is 97.3 cm³/mol. The number of rotatable bonds is 4. The summed E-state index contributed by atoms with van der Waals surface area (Å²) >= 11 is 0. The van der Waals surface area contributed by atoms with E-state index >= 15 is 0 Å². The second-order valence-electron chi connectivity index (χ2n) is 7.31. The molecule has 1 amide bonds. The number of carbonyl (C=O) groups excluding carboxylic acids is 1. The first kappa shape index (κ1) is 17.0. The number of nitrogens with zero attached hydrogens (tertiary/aromatic N) is 1. The number of fused-ring (bicyclic) bond motifs is 1. The minimum atomic E-state index is -0.522. The zero-order valence-electron chi connectivity index (χ0n) is 14.9. The summed E-state index contributed by atoms with van der Waals surface area (Å²) in [5.74, 6) is 1.22. The van der Waals surface area contributed by atoms with Crippen LogP contribution in [0.4, 0.5) is 0 Å². The van der Waals surface area contributed by atoms with Crippen LogP contribution in [0.15, 0.2) is 45.6 Å². The van der Waals surface area contributed by atoms with Gasteiger partial charge < -0.3 is 14.1 Å². The Hall–Kier alpha value is -2.40. The summed E-state index contributed by atoms with van der Waals surface area (Å²) in [6, 6.07) is 11.9. The number of amides is 1. The number of hydrogen-bond acceptors (Lipinski definition) is 4. The quantitative estimate of drug-likeness (QED) is 0.847. The molecule has 5 nitrogen and oxygen atoms in total. The minimum absolute atomic E-state index is 0.175. The zero-order valence-corrected chi connectivity index (χ0v) is 14.9. The van der Waals surface area contributed by atoms with E-state index < -0.39 is 5.63 Å². The number of aryl methyl sites for hydroxylation is 3. The van der Waals surface area contributed by atoms with Gasteiger partial charge in [-0.15, -0.1) is 0 Å². The Morgan fingerprint density at radius 2 is 1.81 bits per heavy atom. The normalized spacial score (nSPS) is 21.8. The van der Waals surface area contributed by atoms with E-state index in [4.69, 9.17) is 9.15 Å². The van der Waals surface area contributed by atoms with E-state index in [1.807, 2.05) is 31.2 Å². The van der Waals surface area contributed by atoms with E-state index in [0.717, 1.165) is 6.42 Å². The first-order valence-corrected chi connectivity index (χ1v) is 9.16. The molecule has 136 valence electrons. The molecule has 0 spiro atoms. The summed E-state index contributed by atoms with van der Waals surface area (Å²) < 4.78 is 10.9. The van der Waals surface area contributed by atoms with E-state index in [1.165, 1.54) is 5.56 Å². The molecule has 2 aliphatic rings. The molecule has 26 heavy (non-hydrogen) atoms. The van der Waals surface area contributed by atoms with Gasteiger partial charge in [-0.2, -0.15) is 0 Å². The van der Waals surface area contributed by atoms with Crippen LogP contribution in [0.2, 0.25) is 0 Å². The van der Waals surface area contributed by atoms with Crippen LogP contribution in [0.25, 0.3) is 0 Å². The lowest BCUT2D eigenvalue weighted by atomic mass is 10.0. The molecular weight excluding hydrogens is 330 g/mol. The maximum absolute atomic E-state index is 12.8. The van der Waals surface area contributed by atoms with Gasteiger partial charge in [0.15, 0.2) is 0 Å². The highest BCUT2D eigenvalue weighted by molar-refractivity contribution is 5.95. The van der Waals surface area contributed by atoms with E-state index in [-0.39, 0.29) is 11.5 Å². The molecule has 2 saturated heterocycles. The largest absolute Gasteiger partial charge is 0.427 e. The third-order valence-corrected chi connectivity index (χ3v) is 5.44. The highest BCUT2D eigenvalue weighted by Crippen LogP contribution is 2.30. The number of hydrogen-bond donors (Lipinski definition) is 0. The van der Waals surface area contributed by atoms with Crippen molar-refractivity contribution in [3.8, 4) is 0 Å². The SMILES string of the molecule is Cc1cc(CCc2ccccc2)oc(=O)c1C(=O)N1C[C@H]2COC[C@H]2C1. The lowest BCUT2D eigenvalue weighted by Gasteiger charge is -2.18. The molecule has 1 aromatic carbocycles. The summed E-state index contributed by atoms with van der Waals surface area (Å²) in [4.78, 5) is 27.1. The number of benzene rings is 1. The number of ether oxygens (including phenoxy) is 1. The van der Waals surface area contributed by atoms with Crippen molar-refractivity contribution in [3.05, 3.63) is 69.3 Å². The fraction of sp³-hybridized carbons (Fsp3) is 0.429. The van der Waals surface area contributed by atoms with Crippen LogP contribution < -0.4 is 5.63 Å². The molecule has 1 aromatic heterocycles. The maximum atomic E-state index is 12.8. The van der Waals surface area contributed by atoms with E-state index in [0.29, 0.717) is 55.9 Å². The monoisotopic (exact) mass is 353 g/mol. The highest BCUT2D eigenvalue weighted by atomic mass is 16.5. The first-order valence-electron chi connectivity index (χ1n) is 9.16. The Balaban J connectivity index is 1.49. The van der Waals surface area contributed by atoms with Crippen molar-refractivity contribution in [3.63, 3.8) is 0 Å². The third-order valence-electron chi connectivity index (χ3n) is 5.44. The Bertz CT molecular complexity index is 846. The number of likely N-dealkylation sites (tertiary alicyclic amines) is 1. The van der Waals surface area contributed by atoms with Gasteiger partial charge in [0.2, 0.25) is 0 Å². The third kappa shape index (κ3) is 3.31. The predicted octanol–water partition coefficient (Wildman–Crippen LogP) is 2.45. The van der Waals surface area contributed by atoms with Gasteiger partial charge >= 0.3 is 5.63 Å². The van der Waals surface area contributed by atoms with Gasteiger partial charge in [0.25, 0.3) is 5.91 Å². The van der Waals surface area contributed by atoms with E-state index in [1.54, 1.807) is 4.90 Å². The topological polar surface area (TPSA) is 59.8 Å². The van der Waals surface area contributed by atoms with Crippen LogP contribution in [0.5, 0.6) is 0 Å². The Morgan fingerprint density at radius 1 is 1.12 bits per heavy atom. The molecule has 0 radical (unpaired) electrons. The van der Waals surface area contributed by atoms with Crippen LogP contribution in [0.3, 0.4) is 0 Å². The van der Waals surface area contributed by atoms with Crippen molar-refractivity contribution in [1.29, 1.82) is 0 Å². The average molecular weight is 353 g/mol. The van der Waals surface area contributed by atoms with Crippen LogP contribution >= 0.6 is 0 Å². The standard InChI is InChI=1S/C21H23NO4/c1-14-9-18(8-7-15-5-3-2-4-6-15)26-21(24)19(14)20(23)22-10-16-12-25-13-17(16)11-22/h2-6,9,16-17H,7-8,10-13H2,1H3/t16-,17+. The van der Waals surface area contributed by atoms with Crippen molar-refractivity contribution in [2.75, 3.05) is 26.3 Å². The zero-order chi connectivity index (χ0) is 18.1. The molecule has 0 saturated carbocycles. The molecule has 0 bridgehead atoms. The van der Waals surface area contributed by atoms with Crippen LogP contribution in [-0.4, -0.2) is 37.1 Å². The Labute approximate surface area is 152 Å². The lowest BCUT2D eigenvalue weighted by Crippen LogP contribution is -2.34. The van der Waals surface area contributed by atoms with Gasteiger partial charge in [-0.05, 0) is 30.5 Å². The Morgan fingerprint density at radius 3 is 2.46 bits per heavy atom. The van der Waals surface area contributed by atoms with E-state index in [9.17, 15) is 9.59 Å². The molecule has 0 N–H and O–H groups in total. The molecular formula is C21H23NO4. The van der Waals surface area contributed by atoms with Gasteiger partial charge in [0.05, 0.1) is 13.2 Å². The van der Waals surface area contributed by atoms with Crippen molar-refractivity contribution in [2.45, 2.75) is 19.8 Å². The van der Waals surface area contributed by atoms with Gasteiger partial charge in [-0.3, -0.25) is 4.79 Å². The van der Waals surface area contributed by atoms with E-state index in [2.05, 4.69) is 12.1 Å². The Kier molecular flexibility index (Phi) is 4.64. The van der Waals surface area contributed by atoms with Gasteiger partial charge in [-0.25, -0.2) is 4.79 Å². The second-order valence-corrected chi connectivity index (χ2v) is 7.31. The summed E-state index contributed by atoms with van der Waals surface area (Å²) in [7, 11) is 0. The molecule has 4 rings (SSSR count). The summed E-state index contributed by atoms with van der Waals surface area (Å²) in [6.07, 6.45) is 1.44. The molecule has 2 atom stereocenters. The smallest absolute Gasteiger partial charge is 0.349 e. The second kappa shape index (κ2) is 7.08. The first-order chi connectivity index (χ1) is 12.6. The molecule has 3 heterocycles. The molecule has 2 aromatic rings. The van der Waals surface area contributed by atoms with Crippen molar-refractivity contribution in [1.82, 2.24) is 4.90 Å². The lowest BCUT2D eigenvalue weighted by molar-refractivity contribution is 0.0745. The fourth-order valence-corrected chi connectivity index (χ4v) is 3.98. The summed E-state index contributed by atoms with van der Waals surface area (Å²) in [5, 5.41) is 0. The van der Waals surface area contributed by atoms with Crippen molar-refractivity contribution >= 4 is 5.91 Å². The van der Waals surface area contributed by atoms with Gasteiger partial charge in [-0.1, -0.05) is 30.3 Å². The average Bonchev–Trinajstić information content (AvgIpc) is 3.22. The van der Waals surface area contributed by atoms with Crippen molar-refractivity contribution in [2.24, 2.45) is 11.8 Å². The van der Waals surface area contributed by atoms with Crippen LogP contribution in [0.1, 0.15) is 27.2 Å². The molecule has 0 aliphatic carbocycles. The molecule has 2 aliphatic heterocycles. The van der Waals surface area contributed by atoms with Crippen LogP contribution in [-0.2, 0) is 17.6 Å². The van der Waals surface area contributed by atoms with Crippen molar-refractivity contribution < 1.29 is 13.9 Å². The van der Waals surface area contributed by atoms with Gasteiger partial charge in [0, 0.05) is 31.3 Å². The highest BCUT2D eigenvalue weighted by Gasteiger charge is 2.40. The molecule has 2 fully saturated rings. The minimum Gasteiger partial charge on any atom is -0.427 e. The summed E-state index contributed by atoms with van der Waals surface area (Å²) in [6.45, 7) is 4.56. The fourth-order valence-electron chi connectivity index (χ4n) is 3.98. The molecule has 5 heteroatoms.